The lowest BCUT2D eigenvalue weighted by atomic mass is 9.99. The third-order valence-electron chi connectivity index (χ3n) is 2.96. The van der Waals surface area contributed by atoms with Crippen molar-refractivity contribution >= 4 is 22.9 Å². The number of halogens is 1. The van der Waals surface area contributed by atoms with Gasteiger partial charge in [0.2, 0.25) is 0 Å². The third-order valence-corrected chi connectivity index (χ3v) is 4.40. The minimum Gasteiger partial charge on any atom is -0.323 e. The first-order chi connectivity index (χ1) is 8.25. The molecular formula is C12H12ClN3S. The minimum atomic E-state index is 0.0752. The Morgan fingerprint density at radius 1 is 1.47 bits per heavy atom. The van der Waals surface area contributed by atoms with E-state index in [4.69, 9.17) is 17.3 Å². The van der Waals surface area contributed by atoms with Crippen LogP contribution >= 0.6 is 22.9 Å². The molecule has 0 saturated carbocycles. The molecule has 3 rings (SSSR count). The summed E-state index contributed by atoms with van der Waals surface area (Å²) < 4.78 is 0. The summed E-state index contributed by atoms with van der Waals surface area (Å²) in [6.45, 7) is 0. The van der Waals surface area contributed by atoms with Crippen LogP contribution < -0.4 is 5.73 Å². The zero-order valence-corrected chi connectivity index (χ0v) is 10.8. The van der Waals surface area contributed by atoms with Gasteiger partial charge in [-0.3, -0.25) is 4.98 Å². The average Bonchev–Trinajstić information content (AvgIpc) is 2.75. The first-order valence-corrected chi connectivity index (χ1v) is 6.81. The van der Waals surface area contributed by atoms with Gasteiger partial charge < -0.3 is 5.73 Å². The molecule has 0 fully saturated rings. The van der Waals surface area contributed by atoms with Crippen LogP contribution in [0.1, 0.15) is 29.5 Å². The van der Waals surface area contributed by atoms with Gasteiger partial charge in [0.05, 0.1) is 10.7 Å². The molecule has 0 radical (unpaired) electrons. The summed E-state index contributed by atoms with van der Waals surface area (Å²) in [5.74, 6) is 0. The molecule has 1 unspecified atom stereocenters. The topological polar surface area (TPSA) is 51.8 Å². The molecule has 3 nitrogen and oxygen atoms in total. The number of nitrogens with zero attached hydrogens (tertiary/aromatic N) is 2. The van der Waals surface area contributed by atoms with Gasteiger partial charge in [0.25, 0.3) is 0 Å². The predicted octanol–water partition coefficient (Wildman–Crippen LogP) is 3.19. The fourth-order valence-electron chi connectivity index (χ4n) is 2.10. The maximum Gasteiger partial charge on any atom is 0.143 e. The lowest BCUT2D eigenvalue weighted by Crippen LogP contribution is -2.16. The number of hydrogen-bond donors (Lipinski definition) is 1. The Labute approximate surface area is 109 Å². The van der Waals surface area contributed by atoms with Crippen LogP contribution in [0.3, 0.4) is 0 Å². The van der Waals surface area contributed by atoms with Gasteiger partial charge in [-0.05, 0) is 31.4 Å². The van der Waals surface area contributed by atoms with Crippen LogP contribution in [0.2, 0.25) is 5.02 Å². The van der Waals surface area contributed by atoms with Crippen molar-refractivity contribution in [3.8, 4) is 10.7 Å². The van der Waals surface area contributed by atoms with E-state index in [9.17, 15) is 0 Å². The Morgan fingerprint density at radius 2 is 2.35 bits per heavy atom. The van der Waals surface area contributed by atoms with E-state index in [0.717, 1.165) is 35.7 Å². The van der Waals surface area contributed by atoms with Crippen LogP contribution in [-0.4, -0.2) is 9.97 Å². The number of pyridine rings is 1. The second-order valence-electron chi connectivity index (χ2n) is 4.16. The molecule has 1 atom stereocenters. The molecule has 5 heteroatoms. The molecule has 0 amide bonds. The van der Waals surface area contributed by atoms with Gasteiger partial charge in [0.1, 0.15) is 10.7 Å². The van der Waals surface area contributed by atoms with E-state index >= 15 is 0 Å². The summed E-state index contributed by atoms with van der Waals surface area (Å²) in [7, 11) is 0. The normalized spacial score (nSPS) is 19.1. The Hall–Kier alpha value is -0.970. The molecule has 0 aromatic carbocycles. The van der Waals surface area contributed by atoms with E-state index in [2.05, 4.69) is 9.97 Å². The number of fused-ring (bicyclic) bond motifs is 1. The molecule has 0 aliphatic heterocycles. The Kier molecular flexibility index (Phi) is 2.86. The smallest absolute Gasteiger partial charge is 0.143 e. The maximum absolute atomic E-state index is 6.13. The number of rotatable bonds is 1. The summed E-state index contributed by atoms with van der Waals surface area (Å²) in [5.41, 5.74) is 7.87. The zero-order chi connectivity index (χ0) is 11.8. The summed E-state index contributed by atoms with van der Waals surface area (Å²) in [4.78, 5) is 10.2. The van der Waals surface area contributed by atoms with Crippen molar-refractivity contribution in [1.29, 1.82) is 0 Å². The van der Waals surface area contributed by atoms with Crippen LogP contribution in [0.4, 0.5) is 0 Å². The fourth-order valence-corrected chi connectivity index (χ4v) is 3.55. The molecule has 0 bridgehead atoms. The summed E-state index contributed by atoms with van der Waals surface area (Å²) in [5, 5.41) is 1.53. The molecule has 2 N–H and O–H groups in total. The number of nitrogens with two attached hydrogens (primary N) is 1. The standard InChI is InChI=1S/C12H12ClN3S/c13-7-3-2-6-15-10(7)12-16-11-8(14)4-1-5-9(11)17-12/h2-3,6,8H,1,4-5,14H2. The van der Waals surface area contributed by atoms with E-state index in [1.54, 1.807) is 17.5 Å². The fraction of sp³-hybridized carbons (Fsp3) is 0.333. The van der Waals surface area contributed by atoms with Crippen LogP contribution in [0.5, 0.6) is 0 Å². The lowest BCUT2D eigenvalue weighted by molar-refractivity contribution is 0.564. The van der Waals surface area contributed by atoms with Crippen molar-refractivity contribution in [1.82, 2.24) is 9.97 Å². The Morgan fingerprint density at radius 3 is 3.12 bits per heavy atom. The SMILES string of the molecule is NC1CCCc2sc(-c3ncccc3Cl)nc21. The molecule has 1 aliphatic carbocycles. The van der Waals surface area contributed by atoms with Gasteiger partial charge >= 0.3 is 0 Å². The molecule has 2 aromatic heterocycles. The van der Waals surface area contributed by atoms with E-state index in [0.29, 0.717) is 5.02 Å². The van der Waals surface area contributed by atoms with Gasteiger partial charge in [-0.15, -0.1) is 11.3 Å². The van der Waals surface area contributed by atoms with E-state index in [1.165, 1.54) is 4.88 Å². The summed E-state index contributed by atoms with van der Waals surface area (Å²) in [6, 6.07) is 3.74. The highest BCUT2D eigenvalue weighted by molar-refractivity contribution is 7.15. The van der Waals surface area contributed by atoms with Crippen molar-refractivity contribution in [2.24, 2.45) is 5.73 Å². The van der Waals surface area contributed by atoms with Gasteiger partial charge in [-0.25, -0.2) is 4.98 Å². The molecule has 0 saturated heterocycles. The van der Waals surface area contributed by atoms with Crippen molar-refractivity contribution in [3.05, 3.63) is 33.9 Å². The second-order valence-corrected chi connectivity index (χ2v) is 5.65. The monoisotopic (exact) mass is 265 g/mol. The van der Waals surface area contributed by atoms with Gasteiger partial charge in [0.15, 0.2) is 0 Å². The third kappa shape index (κ3) is 1.97. The summed E-state index contributed by atoms with van der Waals surface area (Å²) in [6.07, 6.45) is 4.98. The summed E-state index contributed by atoms with van der Waals surface area (Å²) >= 11 is 7.80. The molecule has 17 heavy (non-hydrogen) atoms. The van der Waals surface area contributed by atoms with Crippen LogP contribution in [0, 0.1) is 0 Å². The van der Waals surface area contributed by atoms with E-state index in [-0.39, 0.29) is 6.04 Å². The first kappa shape index (κ1) is 11.1. The molecule has 1 aliphatic rings. The number of aromatic nitrogens is 2. The quantitative estimate of drug-likeness (QED) is 0.862. The van der Waals surface area contributed by atoms with E-state index in [1.807, 2.05) is 12.1 Å². The van der Waals surface area contributed by atoms with Crippen molar-refractivity contribution in [2.45, 2.75) is 25.3 Å². The molecular weight excluding hydrogens is 254 g/mol. The Bertz CT molecular complexity index is 552. The van der Waals surface area contributed by atoms with Crippen molar-refractivity contribution in [2.75, 3.05) is 0 Å². The Balaban J connectivity index is 2.08. The number of aryl methyl sites for hydroxylation is 1. The molecule has 2 aromatic rings. The number of hydrogen-bond acceptors (Lipinski definition) is 4. The van der Waals surface area contributed by atoms with Gasteiger partial charge in [-0.1, -0.05) is 11.6 Å². The van der Waals surface area contributed by atoms with Crippen molar-refractivity contribution in [3.63, 3.8) is 0 Å². The molecule has 2 heterocycles. The zero-order valence-electron chi connectivity index (χ0n) is 9.19. The van der Waals surface area contributed by atoms with Crippen LogP contribution in [0.25, 0.3) is 10.7 Å². The highest BCUT2D eigenvalue weighted by Crippen LogP contribution is 2.37. The maximum atomic E-state index is 6.13. The highest BCUT2D eigenvalue weighted by atomic mass is 35.5. The average molecular weight is 266 g/mol. The van der Waals surface area contributed by atoms with Gasteiger partial charge in [0, 0.05) is 17.1 Å². The predicted molar refractivity (Wildman–Crippen MR) is 70.2 cm³/mol. The minimum absolute atomic E-state index is 0.0752. The largest absolute Gasteiger partial charge is 0.323 e. The molecule has 88 valence electrons. The molecule has 0 spiro atoms. The van der Waals surface area contributed by atoms with E-state index < -0.39 is 0 Å². The highest BCUT2D eigenvalue weighted by Gasteiger charge is 2.23. The van der Waals surface area contributed by atoms with Gasteiger partial charge in [-0.2, -0.15) is 0 Å². The van der Waals surface area contributed by atoms with Crippen molar-refractivity contribution < 1.29 is 0 Å². The lowest BCUT2D eigenvalue weighted by Gasteiger charge is -2.15. The van der Waals surface area contributed by atoms with Crippen LogP contribution in [-0.2, 0) is 6.42 Å². The first-order valence-electron chi connectivity index (χ1n) is 5.62. The number of thiazole rings is 1. The second kappa shape index (κ2) is 4.37. The van der Waals surface area contributed by atoms with Crippen LogP contribution in [0.15, 0.2) is 18.3 Å².